The third-order valence-corrected chi connectivity index (χ3v) is 2.52. The third-order valence-electron chi connectivity index (χ3n) is 2.52. The quantitative estimate of drug-likeness (QED) is 0.744. The third kappa shape index (κ3) is 3.46. The molecule has 1 amide bonds. The average Bonchev–Trinajstić information content (AvgIpc) is 2.34. The van der Waals surface area contributed by atoms with Gasteiger partial charge >= 0.3 is 0 Å². The Morgan fingerprint density at radius 1 is 1.47 bits per heavy atom. The molecular formula is C14H16N2O. The Morgan fingerprint density at radius 2 is 2.18 bits per heavy atom. The van der Waals surface area contributed by atoms with Crippen LogP contribution in [0.1, 0.15) is 19.4 Å². The molecule has 3 heteroatoms. The Bertz CT molecular complexity index is 458. The number of amides is 1. The lowest BCUT2D eigenvalue weighted by atomic mass is 10.1. The molecule has 0 fully saturated rings. The summed E-state index contributed by atoms with van der Waals surface area (Å²) >= 11 is 0. The highest BCUT2D eigenvalue weighted by Gasteiger charge is 2.12. The summed E-state index contributed by atoms with van der Waals surface area (Å²) < 4.78 is 0. The highest BCUT2D eigenvalue weighted by molar-refractivity contribution is 5.92. The van der Waals surface area contributed by atoms with Gasteiger partial charge < -0.3 is 4.90 Å². The van der Waals surface area contributed by atoms with Crippen LogP contribution in [-0.2, 0) is 11.2 Å². The van der Waals surface area contributed by atoms with E-state index in [1.807, 2.05) is 30.3 Å². The zero-order valence-corrected chi connectivity index (χ0v) is 10.2. The zero-order valence-electron chi connectivity index (χ0n) is 10.2. The SMILES string of the molecule is CCc1ccccc1N(C/C=C/C#N)C(C)=O. The molecule has 0 aliphatic rings. The topological polar surface area (TPSA) is 44.1 Å². The molecule has 17 heavy (non-hydrogen) atoms. The molecule has 1 aromatic carbocycles. The lowest BCUT2D eigenvalue weighted by molar-refractivity contribution is -0.116. The van der Waals surface area contributed by atoms with Gasteiger partial charge in [-0.1, -0.05) is 31.2 Å². The maximum atomic E-state index is 11.6. The number of benzene rings is 1. The molecule has 0 N–H and O–H groups in total. The summed E-state index contributed by atoms with van der Waals surface area (Å²) in [6, 6.07) is 9.75. The maximum Gasteiger partial charge on any atom is 0.224 e. The molecule has 0 aromatic heterocycles. The minimum absolute atomic E-state index is 0.0199. The van der Waals surface area contributed by atoms with Gasteiger partial charge in [-0.2, -0.15) is 5.26 Å². The molecule has 0 unspecified atom stereocenters. The highest BCUT2D eigenvalue weighted by Crippen LogP contribution is 2.20. The molecular weight excluding hydrogens is 212 g/mol. The molecule has 1 aromatic rings. The van der Waals surface area contributed by atoms with Crippen molar-refractivity contribution in [3.8, 4) is 6.07 Å². The molecule has 0 atom stereocenters. The molecule has 0 aliphatic carbocycles. The summed E-state index contributed by atoms with van der Waals surface area (Å²) in [6.45, 7) is 4.02. The summed E-state index contributed by atoms with van der Waals surface area (Å²) in [6.07, 6.45) is 3.96. The molecule has 0 saturated carbocycles. The number of carbonyl (C=O) groups excluding carboxylic acids is 1. The van der Waals surface area contributed by atoms with Crippen LogP contribution in [0.5, 0.6) is 0 Å². The number of aryl methyl sites for hydroxylation is 1. The molecule has 0 aliphatic heterocycles. The van der Waals surface area contributed by atoms with Gasteiger partial charge in [0.25, 0.3) is 0 Å². The molecule has 88 valence electrons. The largest absolute Gasteiger partial charge is 0.309 e. The van der Waals surface area contributed by atoms with Crippen molar-refractivity contribution < 1.29 is 4.79 Å². The van der Waals surface area contributed by atoms with Crippen molar-refractivity contribution in [1.82, 2.24) is 0 Å². The van der Waals surface area contributed by atoms with Crippen molar-refractivity contribution in [2.45, 2.75) is 20.3 Å². The lowest BCUT2D eigenvalue weighted by Gasteiger charge is -2.22. The first kappa shape index (κ1) is 13.0. The number of hydrogen-bond acceptors (Lipinski definition) is 2. The Balaban J connectivity index is 3.02. The highest BCUT2D eigenvalue weighted by atomic mass is 16.2. The molecule has 0 spiro atoms. The molecule has 0 heterocycles. The van der Waals surface area contributed by atoms with Gasteiger partial charge in [-0.3, -0.25) is 4.79 Å². The fourth-order valence-corrected chi connectivity index (χ4v) is 1.68. The van der Waals surface area contributed by atoms with Gasteiger partial charge in [-0.25, -0.2) is 0 Å². The fourth-order valence-electron chi connectivity index (χ4n) is 1.68. The van der Waals surface area contributed by atoms with Crippen molar-refractivity contribution in [3.05, 3.63) is 42.0 Å². The van der Waals surface area contributed by atoms with Crippen LogP contribution in [-0.4, -0.2) is 12.5 Å². The zero-order chi connectivity index (χ0) is 12.7. The van der Waals surface area contributed by atoms with E-state index in [1.54, 1.807) is 11.0 Å². The van der Waals surface area contributed by atoms with Gasteiger partial charge in [-0.15, -0.1) is 0 Å². The summed E-state index contributed by atoms with van der Waals surface area (Å²) in [5, 5.41) is 8.45. The Hall–Kier alpha value is -2.08. The second-order valence-electron chi connectivity index (χ2n) is 3.64. The molecule has 0 bridgehead atoms. The fraction of sp³-hybridized carbons (Fsp3) is 0.286. The number of allylic oxidation sites excluding steroid dienone is 1. The van der Waals surface area contributed by atoms with Gasteiger partial charge in [0.15, 0.2) is 0 Å². The summed E-state index contributed by atoms with van der Waals surface area (Å²) in [7, 11) is 0. The normalized spacial score (nSPS) is 10.2. The summed E-state index contributed by atoms with van der Waals surface area (Å²) in [5.74, 6) is -0.0199. The average molecular weight is 228 g/mol. The first-order chi connectivity index (χ1) is 8.20. The van der Waals surface area contributed by atoms with E-state index in [1.165, 1.54) is 13.0 Å². The van der Waals surface area contributed by atoms with Crippen molar-refractivity contribution in [1.29, 1.82) is 5.26 Å². The monoisotopic (exact) mass is 228 g/mol. The predicted octanol–water partition coefficient (Wildman–Crippen LogP) is 2.68. The number of rotatable bonds is 4. The first-order valence-corrected chi connectivity index (χ1v) is 5.61. The number of carbonyl (C=O) groups is 1. The van der Waals surface area contributed by atoms with Gasteiger partial charge in [0.05, 0.1) is 6.07 Å². The van der Waals surface area contributed by atoms with Crippen LogP contribution >= 0.6 is 0 Å². The smallest absolute Gasteiger partial charge is 0.224 e. The van der Waals surface area contributed by atoms with E-state index >= 15 is 0 Å². The van der Waals surface area contributed by atoms with Crippen molar-refractivity contribution in [2.75, 3.05) is 11.4 Å². The van der Waals surface area contributed by atoms with E-state index in [4.69, 9.17) is 5.26 Å². The van der Waals surface area contributed by atoms with Gasteiger partial charge in [0.2, 0.25) is 5.91 Å². The number of hydrogen-bond donors (Lipinski definition) is 0. The Labute approximate surface area is 102 Å². The van der Waals surface area contributed by atoms with E-state index in [2.05, 4.69) is 6.92 Å². The second kappa shape index (κ2) is 6.49. The van der Waals surface area contributed by atoms with E-state index in [9.17, 15) is 4.79 Å². The van der Waals surface area contributed by atoms with E-state index in [0.717, 1.165) is 17.7 Å². The molecule has 0 radical (unpaired) electrons. The van der Waals surface area contributed by atoms with Crippen LogP contribution in [0.3, 0.4) is 0 Å². The van der Waals surface area contributed by atoms with Crippen LogP contribution in [0.15, 0.2) is 36.4 Å². The van der Waals surface area contributed by atoms with Gasteiger partial charge in [0.1, 0.15) is 0 Å². The standard InChI is InChI=1S/C14H16N2O/c1-3-13-8-4-5-9-14(13)16(12(2)17)11-7-6-10-15/h4-9H,3,11H2,1-2H3/b7-6+. The Kier molecular flexibility index (Phi) is 4.96. The minimum Gasteiger partial charge on any atom is -0.309 e. The molecule has 3 nitrogen and oxygen atoms in total. The summed E-state index contributed by atoms with van der Waals surface area (Å²) in [5.41, 5.74) is 2.05. The molecule has 1 rings (SSSR count). The first-order valence-electron chi connectivity index (χ1n) is 5.61. The van der Waals surface area contributed by atoms with Crippen LogP contribution in [0.4, 0.5) is 5.69 Å². The number of nitrogens with zero attached hydrogens (tertiary/aromatic N) is 2. The van der Waals surface area contributed by atoms with Gasteiger partial charge in [0, 0.05) is 25.2 Å². The van der Waals surface area contributed by atoms with Crippen molar-refractivity contribution in [2.24, 2.45) is 0 Å². The number of nitriles is 1. The van der Waals surface area contributed by atoms with Crippen LogP contribution in [0.2, 0.25) is 0 Å². The Morgan fingerprint density at radius 3 is 2.76 bits per heavy atom. The summed E-state index contributed by atoms with van der Waals surface area (Å²) in [4.78, 5) is 13.3. The number of para-hydroxylation sites is 1. The predicted molar refractivity (Wildman–Crippen MR) is 68.6 cm³/mol. The van der Waals surface area contributed by atoms with Crippen LogP contribution in [0.25, 0.3) is 0 Å². The lowest BCUT2D eigenvalue weighted by Crippen LogP contribution is -2.29. The van der Waals surface area contributed by atoms with E-state index in [0.29, 0.717) is 6.54 Å². The van der Waals surface area contributed by atoms with E-state index in [-0.39, 0.29) is 5.91 Å². The van der Waals surface area contributed by atoms with Crippen LogP contribution < -0.4 is 4.90 Å². The maximum absolute atomic E-state index is 11.6. The second-order valence-corrected chi connectivity index (χ2v) is 3.64. The number of anilines is 1. The van der Waals surface area contributed by atoms with Gasteiger partial charge in [-0.05, 0) is 18.1 Å². The minimum atomic E-state index is -0.0199. The van der Waals surface area contributed by atoms with Crippen molar-refractivity contribution in [3.63, 3.8) is 0 Å². The van der Waals surface area contributed by atoms with Crippen molar-refractivity contribution >= 4 is 11.6 Å². The van der Waals surface area contributed by atoms with Crippen LogP contribution in [0, 0.1) is 11.3 Å². The molecule has 0 saturated heterocycles. The van der Waals surface area contributed by atoms with E-state index < -0.39 is 0 Å².